The summed E-state index contributed by atoms with van der Waals surface area (Å²) in [6.45, 7) is 1.91. The van der Waals surface area contributed by atoms with Crippen LogP contribution < -0.4 is 0 Å². The van der Waals surface area contributed by atoms with Crippen molar-refractivity contribution < 1.29 is 9.90 Å². The monoisotopic (exact) mass is 308 g/mol. The normalized spacial score (nSPS) is 10.6. The van der Waals surface area contributed by atoms with Crippen molar-refractivity contribution >= 4 is 21.9 Å². The quantitative estimate of drug-likeness (QED) is 0.944. The standard InChI is InChI=1S/C13H13BrN2O2/c1-9-15-11(5-6-13(17)18)8-16(9)12-4-2-3-10(14)7-12/h2-4,7-8H,5-6H2,1H3,(H,17,18). The summed E-state index contributed by atoms with van der Waals surface area (Å²) in [6.07, 6.45) is 2.45. The Balaban J connectivity index is 2.26. The minimum Gasteiger partial charge on any atom is -0.481 e. The lowest BCUT2D eigenvalue weighted by Crippen LogP contribution is -1.97. The number of carboxylic acid groups (broad SMARTS) is 1. The minimum atomic E-state index is -0.801. The first-order chi connectivity index (χ1) is 8.56. The molecule has 18 heavy (non-hydrogen) atoms. The summed E-state index contributed by atoms with van der Waals surface area (Å²) in [4.78, 5) is 14.9. The Kier molecular flexibility index (Phi) is 3.81. The predicted octanol–water partition coefficient (Wildman–Crippen LogP) is 2.96. The molecule has 0 amide bonds. The molecule has 1 heterocycles. The van der Waals surface area contributed by atoms with E-state index in [2.05, 4.69) is 20.9 Å². The van der Waals surface area contributed by atoms with Gasteiger partial charge >= 0.3 is 5.97 Å². The molecule has 1 aromatic heterocycles. The van der Waals surface area contributed by atoms with Gasteiger partial charge in [0.05, 0.1) is 12.1 Å². The highest BCUT2D eigenvalue weighted by molar-refractivity contribution is 9.10. The maximum atomic E-state index is 10.5. The van der Waals surface area contributed by atoms with Crippen LogP contribution in [0.2, 0.25) is 0 Å². The van der Waals surface area contributed by atoms with Crippen LogP contribution in [0, 0.1) is 6.92 Å². The number of aromatic nitrogens is 2. The van der Waals surface area contributed by atoms with Crippen molar-refractivity contribution in [3.05, 3.63) is 46.5 Å². The highest BCUT2D eigenvalue weighted by Gasteiger charge is 2.07. The number of imidazole rings is 1. The maximum Gasteiger partial charge on any atom is 0.303 e. The Bertz CT molecular complexity index is 578. The van der Waals surface area contributed by atoms with E-state index in [9.17, 15) is 4.79 Å². The van der Waals surface area contributed by atoms with Crippen molar-refractivity contribution in [1.82, 2.24) is 9.55 Å². The third kappa shape index (κ3) is 2.98. The van der Waals surface area contributed by atoms with E-state index in [0.29, 0.717) is 6.42 Å². The summed E-state index contributed by atoms with van der Waals surface area (Å²) < 4.78 is 2.96. The highest BCUT2D eigenvalue weighted by atomic mass is 79.9. The Morgan fingerprint density at radius 3 is 2.94 bits per heavy atom. The van der Waals surface area contributed by atoms with Gasteiger partial charge in [0.1, 0.15) is 5.82 Å². The molecule has 0 radical (unpaired) electrons. The largest absolute Gasteiger partial charge is 0.481 e. The first-order valence-corrected chi connectivity index (χ1v) is 6.38. The van der Waals surface area contributed by atoms with Gasteiger partial charge in [-0.15, -0.1) is 0 Å². The number of aliphatic carboxylic acids is 1. The second-order valence-corrected chi connectivity index (χ2v) is 4.94. The molecule has 1 aromatic carbocycles. The number of nitrogens with zero attached hydrogens (tertiary/aromatic N) is 2. The third-order valence-electron chi connectivity index (χ3n) is 2.61. The van der Waals surface area contributed by atoms with Gasteiger partial charge in [-0.1, -0.05) is 22.0 Å². The van der Waals surface area contributed by atoms with Gasteiger partial charge in [0.15, 0.2) is 0 Å². The molecule has 0 unspecified atom stereocenters. The number of rotatable bonds is 4. The van der Waals surface area contributed by atoms with Gasteiger partial charge in [-0.05, 0) is 25.1 Å². The maximum absolute atomic E-state index is 10.5. The number of halogens is 1. The van der Waals surface area contributed by atoms with Crippen LogP contribution in [0.15, 0.2) is 34.9 Å². The molecular formula is C13H13BrN2O2. The summed E-state index contributed by atoms with van der Waals surface area (Å²) in [6, 6.07) is 7.90. The zero-order valence-electron chi connectivity index (χ0n) is 9.93. The Labute approximate surface area is 113 Å². The zero-order chi connectivity index (χ0) is 13.1. The summed E-state index contributed by atoms with van der Waals surface area (Å²) in [5, 5.41) is 8.66. The van der Waals surface area contributed by atoms with Gasteiger partial charge in [-0.3, -0.25) is 4.79 Å². The topological polar surface area (TPSA) is 55.1 Å². The third-order valence-corrected chi connectivity index (χ3v) is 3.11. The van der Waals surface area contributed by atoms with E-state index in [1.54, 1.807) is 0 Å². The molecule has 94 valence electrons. The number of carbonyl (C=O) groups is 1. The number of aryl methyl sites for hydroxylation is 2. The molecule has 2 aromatic rings. The zero-order valence-corrected chi connectivity index (χ0v) is 11.5. The molecule has 0 bridgehead atoms. The lowest BCUT2D eigenvalue weighted by molar-refractivity contribution is -0.136. The van der Waals surface area contributed by atoms with E-state index in [4.69, 9.17) is 5.11 Å². The highest BCUT2D eigenvalue weighted by Crippen LogP contribution is 2.18. The first-order valence-electron chi connectivity index (χ1n) is 5.59. The predicted molar refractivity (Wildman–Crippen MR) is 72.0 cm³/mol. The number of carboxylic acids is 1. The Morgan fingerprint density at radius 1 is 1.50 bits per heavy atom. The number of hydrogen-bond acceptors (Lipinski definition) is 2. The van der Waals surface area contributed by atoms with Crippen molar-refractivity contribution in [2.24, 2.45) is 0 Å². The Hall–Kier alpha value is -1.62. The van der Waals surface area contributed by atoms with Gasteiger partial charge in [-0.2, -0.15) is 0 Å². The summed E-state index contributed by atoms with van der Waals surface area (Å²) in [7, 11) is 0. The summed E-state index contributed by atoms with van der Waals surface area (Å²) >= 11 is 3.43. The van der Waals surface area contributed by atoms with Crippen LogP contribution in [-0.4, -0.2) is 20.6 Å². The fraction of sp³-hybridized carbons (Fsp3) is 0.231. The fourth-order valence-electron chi connectivity index (χ4n) is 1.78. The van der Waals surface area contributed by atoms with Crippen LogP contribution in [0.4, 0.5) is 0 Å². The van der Waals surface area contributed by atoms with Crippen LogP contribution in [0.1, 0.15) is 17.9 Å². The minimum absolute atomic E-state index is 0.106. The SMILES string of the molecule is Cc1nc(CCC(=O)O)cn1-c1cccc(Br)c1. The molecule has 0 saturated heterocycles. The van der Waals surface area contributed by atoms with Crippen LogP contribution in [-0.2, 0) is 11.2 Å². The van der Waals surface area contributed by atoms with E-state index in [-0.39, 0.29) is 6.42 Å². The Morgan fingerprint density at radius 2 is 2.28 bits per heavy atom. The van der Waals surface area contributed by atoms with E-state index >= 15 is 0 Å². The van der Waals surface area contributed by atoms with Crippen molar-refractivity contribution in [2.75, 3.05) is 0 Å². The molecule has 0 saturated carbocycles. The van der Waals surface area contributed by atoms with Gasteiger partial charge in [0.2, 0.25) is 0 Å². The molecule has 4 nitrogen and oxygen atoms in total. The smallest absolute Gasteiger partial charge is 0.303 e. The van der Waals surface area contributed by atoms with Gasteiger partial charge in [0, 0.05) is 22.8 Å². The van der Waals surface area contributed by atoms with Crippen molar-refractivity contribution in [3.8, 4) is 5.69 Å². The second kappa shape index (κ2) is 5.35. The van der Waals surface area contributed by atoms with E-state index < -0.39 is 5.97 Å². The number of benzene rings is 1. The van der Waals surface area contributed by atoms with Gasteiger partial charge in [-0.25, -0.2) is 4.98 Å². The van der Waals surface area contributed by atoms with E-state index in [0.717, 1.165) is 21.7 Å². The van der Waals surface area contributed by atoms with Crippen molar-refractivity contribution in [3.63, 3.8) is 0 Å². The van der Waals surface area contributed by atoms with Crippen LogP contribution in [0.25, 0.3) is 5.69 Å². The van der Waals surface area contributed by atoms with Gasteiger partial charge < -0.3 is 9.67 Å². The fourth-order valence-corrected chi connectivity index (χ4v) is 2.16. The molecule has 0 aliphatic rings. The van der Waals surface area contributed by atoms with Gasteiger partial charge in [0.25, 0.3) is 0 Å². The average Bonchev–Trinajstić information content (AvgIpc) is 2.68. The molecule has 0 aliphatic carbocycles. The number of hydrogen-bond donors (Lipinski definition) is 1. The lowest BCUT2D eigenvalue weighted by Gasteiger charge is -2.04. The van der Waals surface area contributed by atoms with Crippen LogP contribution >= 0.6 is 15.9 Å². The summed E-state index contributed by atoms with van der Waals surface area (Å²) in [5.74, 6) is 0.0538. The molecule has 0 spiro atoms. The van der Waals surface area contributed by atoms with Crippen molar-refractivity contribution in [2.45, 2.75) is 19.8 Å². The average molecular weight is 309 g/mol. The second-order valence-electron chi connectivity index (χ2n) is 4.02. The van der Waals surface area contributed by atoms with Crippen LogP contribution in [0.5, 0.6) is 0 Å². The molecule has 2 rings (SSSR count). The van der Waals surface area contributed by atoms with E-state index in [1.807, 2.05) is 42.0 Å². The summed E-state index contributed by atoms with van der Waals surface area (Å²) in [5.41, 5.74) is 1.81. The van der Waals surface area contributed by atoms with E-state index in [1.165, 1.54) is 0 Å². The molecule has 5 heteroatoms. The first kappa shape index (κ1) is 12.8. The van der Waals surface area contributed by atoms with Crippen molar-refractivity contribution in [1.29, 1.82) is 0 Å². The van der Waals surface area contributed by atoms with Crippen LogP contribution in [0.3, 0.4) is 0 Å². The molecule has 0 atom stereocenters. The lowest BCUT2D eigenvalue weighted by atomic mass is 10.2. The molecular weight excluding hydrogens is 296 g/mol. The molecule has 0 aliphatic heterocycles. The molecule has 0 fully saturated rings. The molecule has 1 N–H and O–H groups in total.